The fraction of sp³-hybridized carbons (Fsp3) is 0.273. The molecule has 2 nitrogen and oxygen atoms in total. The highest BCUT2D eigenvalue weighted by molar-refractivity contribution is 8.00. The van der Waals surface area contributed by atoms with Crippen molar-refractivity contribution in [3.05, 3.63) is 34.2 Å². The Labute approximate surface area is 105 Å². The van der Waals surface area contributed by atoms with Crippen LogP contribution in [0.5, 0.6) is 0 Å². The van der Waals surface area contributed by atoms with Crippen LogP contribution in [0.2, 0.25) is 5.02 Å². The van der Waals surface area contributed by atoms with Gasteiger partial charge in [-0.25, -0.2) is 8.42 Å². The highest BCUT2D eigenvalue weighted by Crippen LogP contribution is 2.39. The monoisotopic (exact) mass is 274 g/mol. The van der Waals surface area contributed by atoms with Crippen molar-refractivity contribution in [2.24, 2.45) is 0 Å². The first kappa shape index (κ1) is 12.0. The summed E-state index contributed by atoms with van der Waals surface area (Å²) in [6.07, 6.45) is 0. The Kier molecular flexibility index (Phi) is 3.33. The van der Waals surface area contributed by atoms with Crippen molar-refractivity contribution in [1.82, 2.24) is 0 Å². The predicted molar refractivity (Wildman–Crippen MR) is 69.6 cm³/mol. The number of rotatable bonds is 3. The number of sulfone groups is 1. The molecule has 0 spiro atoms. The van der Waals surface area contributed by atoms with Crippen LogP contribution in [0.4, 0.5) is 0 Å². The first-order chi connectivity index (χ1) is 7.56. The van der Waals surface area contributed by atoms with E-state index in [9.17, 15) is 8.42 Å². The van der Waals surface area contributed by atoms with Crippen molar-refractivity contribution in [2.45, 2.75) is 11.8 Å². The standard InChI is InChI=1S/C11H11ClO2S2/c1-2-15-6-8-7-16(13,14)10-5-3-4-9(12)11(8)10/h3-5,7H,2,6H2,1H3. The number of hydrogen-bond donors (Lipinski definition) is 0. The minimum absolute atomic E-state index is 0.340. The fourth-order valence-corrected chi connectivity index (χ4v) is 4.29. The second-order valence-corrected chi connectivity index (χ2v) is 6.89. The molecule has 0 radical (unpaired) electrons. The summed E-state index contributed by atoms with van der Waals surface area (Å²) in [5.41, 5.74) is 1.50. The highest BCUT2D eigenvalue weighted by Gasteiger charge is 2.28. The summed E-state index contributed by atoms with van der Waals surface area (Å²) in [5.74, 6) is 1.64. The number of thioether (sulfide) groups is 1. The Morgan fingerprint density at radius 1 is 1.38 bits per heavy atom. The van der Waals surface area contributed by atoms with Gasteiger partial charge in [0.15, 0.2) is 0 Å². The van der Waals surface area contributed by atoms with Gasteiger partial charge in [0.2, 0.25) is 9.84 Å². The molecule has 86 valence electrons. The molecule has 0 aliphatic carbocycles. The molecular formula is C11H11ClO2S2. The maximum absolute atomic E-state index is 11.8. The summed E-state index contributed by atoms with van der Waals surface area (Å²) in [6, 6.07) is 5.00. The zero-order valence-corrected chi connectivity index (χ0v) is 11.1. The number of hydrogen-bond acceptors (Lipinski definition) is 3. The van der Waals surface area contributed by atoms with Crippen LogP contribution < -0.4 is 0 Å². The van der Waals surface area contributed by atoms with Gasteiger partial charge in [-0.3, -0.25) is 0 Å². The molecule has 1 aromatic carbocycles. The minimum Gasteiger partial charge on any atom is -0.219 e. The second-order valence-electron chi connectivity index (χ2n) is 3.44. The molecule has 0 N–H and O–H groups in total. The van der Waals surface area contributed by atoms with Gasteiger partial charge in [0, 0.05) is 21.7 Å². The highest BCUT2D eigenvalue weighted by atomic mass is 35.5. The van der Waals surface area contributed by atoms with Crippen molar-refractivity contribution < 1.29 is 8.42 Å². The van der Waals surface area contributed by atoms with Gasteiger partial charge in [0.05, 0.1) is 4.90 Å². The van der Waals surface area contributed by atoms with E-state index in [0.717, 1.165) is 11.3 Å². The molecule has 1 aliphatic rings. The maximum atomic E-state index is 11.8. The lowest BCUT2D eigenvalue weighted by molar-refractivity contribution is 0.605. The Hall–Kier alpha value is -0.450. The van der Waals surface area contributed by atoms with E-state index >= 15 is 0 Å². The number of fused-ring (bicyclic) bond motifs is 1. The quantitative estimate of drug-likeness (QED) is 0.849. The van der Waals surface area contributed by atoms with Crippen molar-refractivity contribution in [1.29, 1.82) is 0 Å². The van der Waals surface area contributed by atoms with Gasteiger partial charge in [0.1, 0.15) is 0 Å². The minimum atomic E-state index is -3.27. The van der Waals surface area contributed by atoms with E-state index < -0.39 is 9.84 Å². The lowest BCUT2D eigenvalue weighted by Gasteiger charge is -2.05. The Morgan fingerprint density at radius 3 is 2.81 bits per heavy atom. The van der Waals surface area contributed by atoms with E-state index in [2.05, 4.69) is 0 Å². The zero-order chi connectivity index (χ0) is 11.8. The average Bonchev–Trinajstić information content (AvgIpc) is 2.49. The van der Waals surface area contributed by atoms with Crippen LogP contribution in [0.25, 0.3) is 5.57 Å². The van der Waals surface area contributed by atoms with Crippen LogP contribution in [-0.2, 0) is 9.84 Å². The van der Waals surface area contributed by atoms with E-state index in [1.54, 1.807) is 30.0 Å². The molecule has 0 saturated carbocycles. The molecule has 1 aliphatic heterocycles. The normalized spacial score (nSPS) is 17.0. The van der Waals surface area contributed by atoms with Crippen LogP contribution >= 0.6 is 23.4 Å². The van der Waals surface area contributed by atoms with Gasteiger partial charge >= 0.3 is 0 Å². The van der Waals surface area contributed by atoms with E-state index in [1.807, 2.05) is 6.92 Å². The van der Waals surface area contributed by atoms with Gasteiger partial charge in [-0.05, 0) is 23.5 Å². The zero-order valence-electron chi connectivity index (χ0n) is 8.73. The lowest BCUT2D eigenvalue weighted by atomic mass is 10.1. The van der Waals surface area contributed by atoms with Crippen LogP contribution in [0, 0.1) is 0 Å². The van der Waals surface area contributed by atoms with Crippen molar-refractivity contribution >= 4 is 38.8 Å². The average molecular weight is 275 g/mol. The van der Waals surface area contributed by atoms with Crippen LogP contribution in [-0.4, -0.2) is 19.9 Å². The summed E-state index contributed by atoms with van der Waals surface area (Å²) in [5, 5.41) is 1.85. The topological polar surface area (TPSA) is 34.1 Å². The molecule has 5 heteroatoms. The molecule has 1 aromatic rings. The molecule has 0 amide bonds. The summed E-state index contributed by atoms with van der Waals surface area (Å²) in [6.45, 7) is 2.04. The summed E-state index contributed by atoms with van der Waals surface area (Å²) < 4.78 is 23.7. The molecule has 1 heterocycles. The Bertz CT molecular complexity index is 547. The Balaban J connectivity index is 2.53. The van der Waals surface area contributed by atoms with E-state index in [-0.39, 0.29) is 0 Å². The smallest absolute Gasteiger partial charge is 0.200 e. The fourth-order valence-electron chi connectivity index (χ4n) is 1.68. The third-order valence-corrected chi connectivity index (χ3v) is 5.15. The number of halogens is 1. The molecule has 0 bridgehead atoms. The molecule has 0 saturated heterocycles. The second kappa shape index (κ2) is 4.43. The van der Waals surface area contributed by atoms with Gasteiger partial charge in [-0.15, -0.1) is 0 Å². The largest absolute Gasteiger partial charge is 0.219 e. The van der Waals surface area contributed by atoms with Crippen LogP contribution in [0.3, 0.4) is 0 Å². The Morgan fingerprint density at radius 2 is 2.12 bits per heavy atom. The molecule has 0 fully saturated rings. The van der Waals surface area contributed by atoms with E-state index in [0.29, 0.717) is 21.2 Å². The van der Waals surface area contributed by atoms with Crippen LogP contribution in [0.15, 0.2) is 28.5 Å². The molecule has 0 atom stereocenters. The SMILES string of the molecule is CCSCC1=CS(=O)(=O)c2cccc(Cl)c21. The van der Waals surface area contributed by atoms with Crippen molar-refractivity contribution in [2.75, 3.05) is 11.5 Å². The molecule has 0 unspecified atom stereocenters. The predicted octanol–water partition coefficient (Wildman–Crippen LogP) is 3.22. The summed E-state index contributed by atoms with van der Waals surface area (Å²) >= 11 is 7.74. The van der Waals surface area contributed by atoms with Gasteiger partial charge in [0.25, 0.3) is 0 Å². The molecular weight excluding hydrogens is 264 g/mol. The third-order valence-electron chi connectivity index (χ3n) is 2.36. The summed E-state index contributed by atoms with van der Waals surface area (Å²) in [4.78, 5) is 0.340. The lowest BCUT2D eigenvalue weighted by Crippen LogP contribution is -1.93. The molecule has 0 aromatic heterocycles. The van der Waals surface area contributed by atoms with E-state index in [1.165, 1.54) is 5.41 Å². The first-order valence-electron chi connectivity index (χ1n) is 4.88. The number of benzene rings is 1. The van der Waals surface area contributed by atoms with Crippen molar-refractivity contribution in [3.8, 4) is 0 Å². The van der Waals surface area contributed by atoms with E-state index in [4.69, 9.17) is 11.6 Å². The molecule has 16 heavy (non-hydrogen) atoms. The first-order valence-corrected chi connectivity index (χ1v) is 7.96. The van der Waals surface area contributed by atoms with Crippen molar-refractivity contribution in [3.63, 3.8) is 0 Å². The maximum Gasteiger partial charge on any atom is 0.200 e. The van der Waals surface area contributed by atoms with Gasteiger partial charge in [-0.2, -0.15) is 11.8 Å². The van der Waals surface area contributed by atoms with Gasteiger partial charge in [-0.1, -0.05) is 24.6 Å². The van der Waals surface area contributed by atoms with Gasteiger partial charge < -0.3 is 0 Å². The van der Waals surface area contributed by atoms with Crippen LogP contribution in [0.1, 0.15) is 12.5 Å². The summed E-state index contributed by atoms with van der Waals surface area (Å²) in [7, 11) is -3.27. The molecule has 2 rings (SSSR count). The third kappa shape index (κ3) is 2.01.